The van der Waals surface area contributed by atoms with Crippen LogP contribution in [0.4, 0.5) is 0 Å². The number of rotatable bonds is 6. The Balaban J connectivity index is 1.31. The molecule has 0 radical (unpaired) electrons. The number of fused-ring (bicyclic) bond motifs is 5. The second kappa shape index (κ2) is 5.17. The topological polar surface area (TPSA) is 43.5 Å². The summed E-state index contributed by atoms with van der Waals surface area (Å²) in [5.41, 5.74) is 0. The van der Waals surface area contributed by atoms with Gasteiger partial charge in [-0.15, -0.1) is 0 Å². The largest absolute Gasteiger partial charge is 0.373 e. The summed E-state index contributed by atoms with van der Waals surface area (Å²) < 4.78 is 23.2. The monoisotopic (exact) mass is 308 g/mol. The smallest absolute Gasteiger partial charge is 0.104 e. The van der Waals surface area contributed by atoms with E-state index in [1.54, 1.807) is 0 Å². The van der Waals surface area contributed by atoms with Crippen LogP contribution in [0.2, 0.25) is 0 Å². The molecule has 0 aromatic carbocycles. The van der Waals surface area contributed by atoms with Crippen molar-refractivity contribution in [1.82, 2.24) is 0 Å². The van der Waals surface area contributed by atoms with Crippen LogP contribution in [0.5, 0.6) is 0 Å². The highest BCUT2D eigenvalue weighted by atomic mass is 16.6. The third kappa shape index (κ3) is 2.26. The SMILES string of the molecule is CC1C(C)C2CC1C1CC(OCC3CO3)C(OCC3CO3)C21. The molecule has 0 amide bonds. The fourth-order valence-electron chi connectivity index (χ4n) is 5.83. The molecule has 2 heterocycles. The van der Waals surface area contributed by atoms with E-state index in [1.807, 2.05) is 0 Å². The summed E-state index contributed by atoms with van der Waals surface area (Å²) in [6.07, 6.45) is 3.89. The molecule has 4 nitrogen and oxygen atoms in total. The third-order valence-electron chi connectivity index (χ3n) is 7.29. The standard InChI is InChI=1S/C18H28O4/c1-9-10(2)14-3-13(9)15-4-16(21-7-11-5-19-11)18(17(14)15)22-8-12-6-20-12/h9-18H,3-8H2,1-2H3. The molecule has 5 rings (SSSR count). The first kappa shape index (κ1) is 14.2. The van der Waals surface area contributed by atoms with Crippen molar-refractivity contribution < 1.29 is 18.9 Å². The van der Waals surface area contributed by atoms with Crippen LogP contribution in [0.15, 0.2) is 0 Å². The fraction of sp³-hybridized carbons (Fsp3) is 1.00. The van der Waals surface area contributed by atoms with Gasteiger partial charge in [-0.05, 0) is 48.3 Å². The van der Waals surface area contributed by atoms with Crippen molar-refractivity contribution in [3.63, 3.8) is 0 Å². The molecule has 124 valence electrons. The average Bonchev–Trinajstić information content (AvgIpc) is 3.41. The summed E-state index contributed by atoms with van der Waals surface area (Å²) in [4.78, 5) is 0. The molecule has 3 aliphatic carbocycles. The molecule has 2 aliphatic heterocycles. The summed E-state index contributed by atoms with van der Waals surface area (Å²) in [5, 5.41) is 0. The predicted octanol–water partition coefficient (Wildman–Crippen LogP) is 2.11. The summed E-state index contributed by atoms with van der Waals surface area (Å²) in [6, 6.07) is 0. The van der Waals surface area contributed by atoms with E-state index in [0.29, 0.717) is 12.2 Å². The van der Waals surface area contributed by atoms with Gasteiger partial charge in [-0.1, -0.05) is 13.8 Å². The fourth-order valence-corrected chi connectivity index (χ4v) is 5.83. The summed E-state index contributed by atoms with van der Waals surface area (Å²) in [6.45, 7) is 8.19. The Bertz CT molecular complexity index is 433. The van der Waals surface area contributed by atoms with Gasteiger partial charge in [0, 0.05) is 0 Å². The Morgan fingerprint density at radius 1 is 0.818 bits per heavy atom. The Labute approximate surface area is 132 Å². The van der Waals surface area contributed by atoms with E-state index < -0.39 is 0 Å². The maximum absolute atomic E-state index is 6.35. The lowest BCUT2D eigenvalue weighted by Gasteiger charge is -2.36. The Morgan fingerprint density at radius 3 is 2.14 bits per heavy atom. The lowest BCUT2D eigenvalue weighted by Crippen LogP contribution is -2.39. The Morgan fingerprint density at radius 2 is 1.45 bits per heavy atom. The Kier molecular flexibility index (Phi) is 3.34. The molecule has 5 fully saturated rings. The minimum atomic E-state index is 0.278. The zero-order chi connectivity index (χ0) is 14.8. The van der Waals surface area contributed by atoms with Crippen LogP contribution in [-0.2, 0) is 18.9 Å². The van der Waals surface area contributed by atoms with Crippen LogP contribution in [0, 0.1) is 35.5 Å². The molecule has 0 N–H and O–H groups in total. The van der Waals surface area contributed by atoms with E-state index in [9.17, 15) is 0 Å². The van der Waals surface area contributed by atoms with Crippen LogP contribution in [-0.4, -0.2) is 50.8 Å². The van der Waals surface area contributed by atoms with E-state index >= 15 is 0 Å². The quantitative estimate of drug-likeness (QED) is 0.705. The molecule has 0 aromatic rings. The zero-order valence-corrected chi connectivity index (χ0v) is 13.6. The number of epoxide rings is 2. The van der Waals surface area contributed by atoms with Crippen molar-refractivity contribution in [2.45, 2.75) is 51.1 Å². The average molecular weight is 308 g/mol. The van der Waals surface area contributed by atoms with Crippen molar-refractivity contribution in [2.24, 2.45) is 35.5 Å². The highest BCUT2D eigenvalue weighted by Gasteiger charge is 2.62. The summed E-state index contributed by atoms with van der Waals surface area (Å²) in [7, 11) is 0. The van der Waals surface area contributed by atoms with Gasteiger partial charge in [0.2, 0.25) is 0 Å². The molecule has 2 saturated heterocycles. The van der Waals surface area contributed by atoms with Crippen molar-refractivity contribution in [3.05, 3.63) is 0 Å². The van der Waals surface area contributed by atoms with Gasteiger partial charge in [-0.25, -0.2) is 0 Å². The molecular weight excluding hydrogens is 280 g/mol. The zero-order valence-electron chi connectivity index (χ0n) is 13.6. The second-order valence-corrected chi connectivity index (χ2v) is 8.34. The number of ether oxygens (including phenoxy) is 4. The molecule has 2 bridgehead atoms. The summed E-state index contributed by atoms with van der Waals surface area (Å²) >= 11 is 0. The Hall–Kier alpha value is -0.160. The molecule has 5 aliphatic rings. The molecule has 0 aromatic heterocycles. The first-order valence-corrected chi connectivity index (χ1v) is 9.18. The lowest BCUT2D eigenvalue weighted by molar-refractivity contribution is -0.0884. The van der Waals surface area contributed by atoms with Crippen LogP contribution in [0.25, 0.3) is 0 Å². The molecule has 22 heavy (non-hydrogen) atoms. The molecule has 10 atom stereocenters. The van der Waals surface area contributed by atoms with Crippen molar-refractivity contribution in [1.29, 1.82) is 0 Å². The van der Waals surface area contributed by atoms with Gasteiger partial charge in [0.05, 0.1) is 38.6 Å². The van der Waals surface area contributed by atoms with Crippen LogP contribution >= 0.6 is 0 Å². The summed E-state index contributed by atoms with van der Waals surface area (Å²) in [5.74, 6) is 5.02. The van der Waals surface area contributed by atoms with E-state index in [1.165, 1.54) is 12.8 Å². The molecular formula is C18H28O4. The van der Waals surface area contributed by atoms with Crippen molar-refractivity contribution >= 4 is 0 Å². The van der Waals surface area contributed by atoms with E-state index in [2.05, 4.69) is 13.8 Å². The highest BCUT2D eigenvalue weighted by molar-refractivity contribution is 5.10. The molecule has 10 unspecified atom stereocenters. The number of hydrogen-bond donors (Lipinski definition) is 0. The van der Waals surface area contributed by atoms with Crippen LogP contribution in [0.1, 0.15) is 26.7 Å². The van der Waals surface area contributed by atoms with E-state index in [-0.39, 0.29) is 12.2 Å². The molecule has 0 spiro atoms. The minimum absolute atomic E-state index is 0.278. The lowest BCUT2D eigenvalue weighted by atomic mass is 9.70. The number of hydrogen-bond acceptors (Lipinski definition) is 4. The van der Waals surface area contributed by atoms with Crippen LogP contribution < -0.4 is 0 Å². The minimum Gasteiger partial charge on any atom is -0.373 e. The third-order valence-corrected chi connectivity index (χ3v) is 7.29. The van der Waals surface area contributed by atoms with Gasteiger partial charge in [-0.3, -0.25) is 0 Å². The van der Waals surface area contributed by atoms with Gasteiger partial charge in [0.1, 0.15) is 12.2 Å². The van der Waals surface area contributed by atoms with Crippen molar-refractivity contribution in [2.75, 3.05) is 26.4 Å². The second-order valence-electron chi connectivity index (χ2n) is 8.34. The maximum atomic E-state index is 6.35. The predicted molar refractivity (Wildman–Crippen MR) is 80.5 cm³/mol. The first-order valence-electron chi connectivity index (χ1n) is 9.18. The molecule has 3 saturated carbocycles. The van der Waals surface area contributed by atoms with Gasteiger partial charge in [0.15, 0.2) is 0 Å². The van der Waals surface area contributed by atoms with Crippen LogP contribution in [0.3, 0.4) is 0 Å². The normalized spacial score (nSPS) is 58.1. The molecule has 4 heteroatoms. The highest BCUT2D eigenvalue weighted by Crippen LogP contribution is 2.64. The maximum Gasteiger partial charge on any atom is 0.104 e. The van der Waals surface area contributed by atoms with Gasteiger partial charge in [0.25, 0.3) is 0 Å². The van der Waals surface area contributed by atoms with Gasteiger partial charge < -0.3 is 18.9 Å². The van der Waals surface area contributed by atoms with Gasteiger partial charge in [-0.2, -0.15) is 0 Å². The van der Waals surface area contributed by atoms with Crippen molar-refractivity contribution in [3.8, 4) is 0 Å². The van der Waals surface area contributed by atoms with E-state index in [0.717, 1.165) is 61.9 Å². The first-order chi connectivity index (χ1) is 10.7. The van der Waals surface area contributed by atoms with E-state index in [4.69, 9.17) is 18.9 Å². The van der Waals surface area contributed by atoms with Gasteiger partial charge >= 0.3 is 0 Å².